The number of carbonyl (C=O) groups excluding carboxylic acids is 1. The molecule has 0 bridgehead atoms. The first-order valence-corrected chi connectivity index (χ1v) is 7.38. The van der Waals surface area contributed by atoms with E-state index in [1.54, 1.807) is 6.07 Å². The first kappa shape index (κ1) is 15.2. The van der Waals surface area contributed by atoms with Crippen LogP contribution < -0.4 is 0 Å². The molecule has 5 heteroatoms. The first-order chi connectivity index (χ1) is 9.63. The lowest BCUT2D eigenvalue weighted by Crippen LogP contribution is -2.21. The van der Waals surface area contributed by atoms with Crippen LogP contribution in [0.15, 0.2) is 33.2 Å². The van der Waals surface area contributed by atoms with E-state index >= 15 is 0 Å². The number of benzene rings is 1. The number of hydrogen-bond donors (Lipinski definition) is 0. The number of furan rings is 1. The van der Waals surface area contributed by atoms with E-state index in [9.17, 15) is 4.79 Å². The van der Waals surface area contributed by atoms with Gasteiger partial charge in [-0.2, -0.15) is 0 Å². The second-order valence-electron chi connectivity index (χ2n) is 4.26. The lowest BCUT2D eigenvalue weighted by atomic mass is 10.2. The maximum Gasteiger partial charge on any atom is 0.203 e. The van der Waals surface area contributed by atoms with Crippen molar-refractivity contribution in [2.24, 2.45) is 0 Å². The molecule has 2 aromatic rings. The number of ether oxygens (including phenoxy) is 2. The van der Waals surface area contributed by atoms with Gasteiger partial charge < -0.3 is 13.9 Å². The molecule has 108 valence electrons. The van der Waals surface area contributed by atoms with Crippen molar-refractivity contribution in [3.8, 4) is 0 Å². The Labute approximate surface area is 126 Å². The average Bonchev–Trinajstić information content (AvgIpc) is 2.82. The fourth-order valence-electron chi connectivity index (χ4n) is 1.94. The summed E-state index contributed by atoms with van der Waals surface area (Å²) in [5.41, 5.74) is 0.695. The summed E-state index contributed by atoms with van der Waals surface area (Å²) in [5, 5.41) is 0.895. The Morgan fingerprint density at radius 2 is 1.95 bits per heavy atom. The zero-order valence-electron chi connectivity index (χ0n) is 11.5. The van der Waals surface area contributed by atoms with Gasteiger partial charge in [0.05, 0.1) is 6.42 Å². The summed E-state index contributed by atoms with van der Waals surface area (Å²) in [6, 6.07) is 7.37. The highest BCUT2D eigenvalue weighted by molar-refractivity contribution is 9.10. The third-order valence-corrected chi connectivity index (χ3v) is 3.30. The molecule has 1 heterocycles. The summed E-state index contributed by atoms with van der Waals surface area (Å²) < 4.78 is 17.3. The van der Waals surface area contributed by atoms with E-state index in [0.717, 1.165) is 9.86 Å². The van der Waals surface area contributed by atoms with Crippen LogP contribution in [0.2, 0.25) is 0 Å². The molecular weight excluding hydrogens is 324 g/mol. The Balaban J connectivity index is 2.13. The number of carbonyl (C=O) groups is 1. The number of Topliss-reactive ketones (excluding diaryl/α,β-unsaturated/α-hetero) is 1. The molecule has 0 amide bonds. The van der Waals surface area contributed by atoms with Gasteiger partial charge in [-0.3, -0.25) is 4.79 Å². The van der Waals surface area contributed by atoms with Gasteiger partial charge in [0.2, 0.25) is 5.78 Å². The topological polar surface area (TPSA) is 48.7 Å². The van der Waals surface area contributed by atoms with Crippen LogP contribution in [0.5, 0.6) is 0 Å². The molecule has 0 atom stereocenters. The van der Waals surface area contributed by atoms with Gasteiger partial charge in [0.15, 0.2) is 12.1 Å². The molecule has 0 aliphatic heterocycles. The molecule has 2 rings (SSSR count). The second kappa shape index (κ2) is 7.02. The van der Waals surface area contributed by atoms with Crippen LogP contribution in [0, 0.1) is 0 Å². The molecule has 1 aromatic carbocycles. The number of rotatable bonds is 7. The van der Waals surface area contributed by atoms with Gasteiger partial charge >= 0.3 is 0 Å². The second-order valence-corrected chi connectivity index (χ2v) is 5.18. The third-order valence-electron chi connectivity index (χ3n) is 2.81. The van der Waals surface area contributed by atoms with Crippen LogP contribution in [0.4, 0.5) is 0 Å². The Morgan fingerprint density at radius 3 is 2.60 bits per heavy atom. The van der Waals surface area contributed by atoms with Crippen molar-refractivity contribution in [3.05, 3.63) is 34.5 Å². The molecule has 0 saturated heterocycles. The minimum Gasteiger partial charge on any atom is -0.453 e. The number of ketones is 1. The van der Waals surface area contributed by atoms with E-state index in [0.29, 0.717) is 24.6 Å². The zero-order chi connectivity index (χ0) is 14.5. The monoisotopic (exact) mass is 340 g/mol. The molecule has 0 saturated carbocycles. The van der Waals surface area contributed by atoms with Crippen molar-refractivity contribution >= 4 is 32.7 Å². The van der Waals surface area contributed by atoms with Gasteiger partial charge in [-0.05, 0) is 38.1 Å². The molecule has 20 heavy (non-hydrogen) atoms. The lowest BCUT2D eigenvalue weighted by Gasteiger charge is -2.15. The molecule has 0 radical (unpaired) electrons. The normalized spacial score (nSPS) is 11.4. The molecule has 4 nitrogen and oxygen atoms in total. The van der Waals surface area contributed by atoms with E-state index in [1.165, 1.54) is 0 Å². The van der Waals surface area contributed by atoms with Crippen LogP contribution in [-0.2, 0) is 9.47 Å². The zero-order valence-corrected chi connectivity index (χ0v) is 13.1. The summed E-state index contributed by atoms with van der Waals surface area (Å²) in [6.07, 6.45) is -0.361. The molecular formula is C15H17BrO4. The number of fused-ring (bicyclic) bond motifs is 1. The maximum atomic E-state index is 12.2. The summed E-state index contributed by atoms with van der Waals surface area (Å²) in [5.74, 6) is 0.215. The van der Waals surface area contributed by atoms with Gasteiger partial charge in [-0.1, -0.05) is 15.9 Å². The fraction of sp³-hybridized carbons (Fsp3) is 0.400. The molecule has 1 aromatic heterocycles. The fourth-order valence-corrected chi connectivity index (χ4v) is 2.32. The Hall–Kier alpha value is -1.17. The van der Waals surface area contributed by atoms with Crippen LogP contribution in [0.1, 0.15) is 30.8 Å². The van der Waals surface area contributed by atoms with Gasteiger partial charge in [0.1, 0.15) is 5.58 Å². The Bertz CT molecular complexity index is 585. The first-order valence-electron chi connectivity index (χ1n) is 6.59. The Morgan fingerprint density at radius 1 is 1.25 bits per heavy atom. The van der Waals surface area contributed by atoms with E-state index in [4.69, 9.17) is 13.9 Å². The quantitative estimate of drug-likeness (QED) is 0.560. The van der Waals surface area contributed by atoms with Crippen molar-refractivity contribution in [1.29, 1.82) is 0 Å². The van der Waals surface area contributed by atoms with E-state index in [2.05, 4.69) is 15.9 Å². The summed E-state index contributed by atoms with van der Waals surface area (Å²) in [6.45, 7) is 4.75. The van der Waals surface area contributed by atoms with Gasteiger partial charge in [0, 0.05) is 23.1 Å². The standard InChI is InChI=1S/C15H17BrO4/c1-3-18-15(19-4-2)9-12(17)14-8-10-7-11(16)5-6-13(10)20-14/h5-8,15H,3-4,9H2,1-2H3. The van der Waals surface area contributed by atoms with Gasteiger partial charge in [0.25, 0.3) is 0 Å². The van der Waals surface area contributed by atoms with Gasteiger partial charge in [-0.25, -0.2) is 0 Å². The molecule has 0 aliphatic carbocycles. The van der Waals surface area contributed by atoms with Crippen LogP contribution in [0.25, 0.3) is 11.0 Å². The molecule has 0 fully saturated rings. The predicted octanol–water partition coefficient (Wildman–Crippen LogP) is 4.17. The summed E-state index contributed by atoms with van der Waals surface area (Å²) in [7, 11) is 0. The number of hydrogen-bond acceptors (Lipinski definition) is 4. The van der Waals surface area contributed by atoms with Crippen molar-refractivity contribution in [1.82, 2.24) is 0 Å². The highest BCUT2D eigenvalue weighted by atomic mass is 79.9. The molecule has 0 unspecified atom stereocenters. The summed E-state index contributed by atoms with van der Waals surface area (Å²) >= 11 is 3.39. The highest BCUT2D eigenvalue weighted by Gasteiger charge is 2.19. The van der Waals surface area contributed by atoms with Crippen LogP contribution >= 0.6 is 15.9 Å². The Kier molecular flexibility index (Phi) is 5.34. The molecule has 0 spiro atoms. The maximum absolute atomic E-state index is 12.2. The van der Waals surface area contributed by atoms with E-state index in [-0.39, 0.29) is 12.2 Å². The van der Waals surface area contributed by atoms with E-state index in [1.807, 2.05) is 32.0 Å². The molecule has 0 aliphatic rings. The average molecular weight is 341 g/mol. The number of halogens is 1. The SMILES string of the molecule is CCOC(CC(=O)c1cc2cc(Br)ccc2o1)OCC. The van der Waals surface area contributed by atoms with E-state index < -0.39 is 6.29 Å². The minimum atomic E-state index is -0.516. The molecule has 0 N–H and O–H groups in total. The largest absolute Gasteiger partial charge is 0.453 e. The van der Waals surface area contributed by atoms with Gasteiger partial charge in [-0.15, -0.1) is 0 Å². The summed E-state index contributed by atoms with van der Waals surface area (Å²) in [4.78, 5) is 12.2. The smallest absolute Gasteiger partial charge is 0.203 e. The highest BCUT2D eigenvalue weighted by Crippen LogP contribution is 2.24. The van der Waals surface area contributed by atoms with Crippen molar-refractivity contribution < 1.29 is 18.7 Å². The van der Waals surface area contributed by atoms with Crippen LogP contribution in [-0.4, -0.2) is 25.3 Å². The predicted molar refractivity (Wildman–Crippen MR) is 79.9 cm³/mol. The minimum absolute atomic E-state index is 0.121. The van der Waals surface area contributed by atoms with Crippen LogP contribution in [0.3, 0.4) is 0 Å². The lowest BCUT2D eigenvalue weighted by molar-refractivity contribution is -0.133. The van der Waals surface area contributed by atoms with Crippen molar-refractivity contribution in [3.63, 3.8) is 0 Å². The van der Waals surface area contributed by atoms with Crippen molar-refractivity contribution in [2.45, 2.75) is 26.6 Å². The third kappa shape index (κ3) is 3.69. The van der Waals surface area contributed by atoms with Crippen molar-refractivity contribution in [2.75, 3.05) is 13.2 Å².